The Balaban J connectivity index is 1.94. The van der Waals surface area contributed by atoms with Gasteiger partial charge in [0.05, 0.1) is 11.5 Å². The highest BCUT2D eigenvalue weighted by atomic mass is 35.5. The van der Waals surface area contributed by atoms with Crippen molar-refractivity contribution in [1.29, 1.82) is 0 Å². The van der Waals surface area contributed by atoms with E-state index in [9.17, 15) is 13.2 Å². The predicted molar refractivity (Wildman–Crippen MR) is 66.2 cm³/mol. The predicted octanol–water partition coefficient (Wildman–Crippen LogP) is 0.437. The summed E-state index contributed by atoms with van der Waals surface area (Å²) < 4.78 is 22.5. The largest absolute Gasteiger partial charge is 0.348 e. The zero-order chi connectivity index (χ0) is 13.2. The Morgan fingerprint density at radius 3 is 2.50 bits per heavy atom. The lowest BCUT2D eigenvalue weighted by molar-refractivity contribution is 0.0928. The van der Waals surface area contributed by atoms with E-state index in [0.29, 0.717) is 12.8 Å². The summed E-state index contributed by atoms with van der Waals surface area (Å²) in [5, 5.41) is 10.2. The van der Waals surface area contributed by atoms with E-state index in [1.165, 1.54) is 12.1 Å². The van der Waals surface area contributed by atoms with E-state index < -0.39 is 9.84 Å². The van der Waals surface area contributed by atoms with Crippen molar-refractivity contribution in [3.8, 4) is 0 Å². The van der Waals surface area contributed by atoms with Gasteiger partial charge < -0.3 is 5.32 Å². The van der Waals surface area contributed by atoms with Gasteiger partial charge in [0.15, 0.2) is 10.8 Å². The molecule has 1 amide bonds. The molecule has 0 radical (unpaired) electrons. The highest BCUT2D eigenvalue weighted by molar-refractivity contribution is 7.91. The lowest BCUT2D eigenvalue weighted by Crippen LogP contribution is -2.41. The van der Waals surface area contributed by atoms with Crippen molar-refractivity contribution in [2.75, 3.05) is 11.5 Å². The number of hydrogen-bond acceptors (Lipinski definition) is 5. The molecule has 1 aliphatic rings. The molecule has 0 bridgehead atoms. The molecule has 1 aromatic heterocycles. The first-order valence-corrected chi connectivity index (χ1v) is 7.67. The number of carbonyl (C=O) groups is 1. The molecule has 6 nitrogen and oxygen atoms in total. The van der Waals surface area contributed by atoms with Crippen LogP contribution in [-0.4, -0.2) is 42.1 Å². The maximum absolute atomic E-state index is 11.8. The molecule has 0 aliphatic carbocycles. The summed E-state index contributed by atoms with van der Waals surface area (Å²) in [7, 11) is -2.92. The van der Waals surface area contributed by atoms with Gasteiger partial charge in [0, 0.05) is 6.04 Å². The van der Waals surface area contributed by atoms with Gasteiger partial charge in [-0.05, 0) is 25.0 Å². The number of amides is 1. The summed E-state index contributed by atoms with van der Waals surface area (Å²) >= 11 is 5.57. The van der Waals surface area contributed by atoms with Crippen LogP contribution in [0.25, 0.3) is 0 Å². The van der Waals surface area contributed by atoms with Gasteiger partial charge in [-0.15, -0.1) is 10.2 Å². The zero-order valence-corrected chi connectivity index (χ0v) is 11.0. The number of sulfone groups is 1. The molecule has 8 heteroatoms. The average Bonchev–Trinajstić information content (AvgIpc) is 2.33. The first-order valence-electron chi connectivity index (χ1n) is 5.47. The van der Waals surface area contributed by atoms with Crippen LogP contribution in [0.4, 0.5) is 0 Å². The van der Waals surface area contributed by atoms with Crippen LogP contribution < -0.4 is 5.32 Å². The summed E-state index contributed by atoms with van der Waals surface area (Å²) in [6.07, 6.45) is 0.879. The van der Waals surface area contributed by atoms with Gasteiger partial charge in [0.25, 0.3) is 5.91 Å². The Bertz CT molecular complexity index is 530. The third-order valence-electron chi connectivity index (χ3n) is 2.75. The van der Waals surface area contributed by atoms with Crippen LogP contribution in [0.5, 0.6) is 0 Å². The minimum Gasteiger partial charge on any atom is -0.348 e. The lowest BCUT2D eigenvalue weighted by atomic mass is 10.1. The van der Waals surface area contributed by atoms with Crippen LogP contribution in [0.2, 0.25) is 5.15 Å². The van der Waals surface area contributed by atoms with Crippen molar-refractivity contribution in [3.63, 3.8) is 0 Å². The molecule has 0 spiro atoms. The van der Waals surface area contributed by atoms with Crippen LogP contribution in [0.1, 0.15) is 23.3 Å². The maximum Gasteiger partial charge on any atom is 0.272 e. The van der Waals surface area contributed by atoms with Crippen molar-refractivity contribution in [3.05, 3.63) is 23.0 Å². The smallest absolute Gasteiger partial charge is 0.272 e. The SMILES string of the molecule is O=C(NC1CCS(=O)(=O)CC1)c1ccc(Cl)nn1. The number of halogens is 1. The molecule has 98 valence electrons. The molecule has 0 saturated carbocycles. The van der Waals surface area contributed by atoms with Crippen LogP contribution in [0.3, 0.4) is 0 Å². The van der Waals surface area contributed by atoms with Crippen LogP contribution in [0, 0.1) is 0 Å². The van der Waals surface area contributed by atoms with Gasteiger partial charge >= 0.3 is 0 Å². The second kappa shape index (κ2) is 5.19. The second-order valence-electron chi connectivity index (χ2n) is 4.14. The number of hydrogen-bond donors (Lipinski definition) is 1. The fourth-order valence-corrected chi connectivity index (χ4v) is 3.32. The average molecular weight is 290 g/mol. The first kappa shape index (κ1) is 13.2. The highest BCUT2D eigenvalue weighted by Crippen LogP contribution is 2.12. The molecule has 0 atom stereocenters. The molecule has 1 fully saturated rings. The molecule has 1 aromatic rings. The molecule has 18 heavy (non-hydrogen) atoms. The van der Waals surface area contributed by atoms with E-state index >= 15 is 0 Å². The van der Waals surface area contributed by atoms with Gasteiger partial charge in [-0.1, -0.05) is 11.6 Å². The number of nitrogens with one attached hydrogen (secondary N) is 1. The van der Waals surface area contributed by atoms with E-state index in [1.54, 1.807) is 0 Å². The molecule has 0 aromatic carbocycles. The normalized spacial score (nSPS) is 19.4. The lowest BCUT2D eigenvalue weighted by Gasteiger charge is -2.22. The molecule has 2 rings (SSSR count). The second-order valence-corrected chi connectivity index (χ2v) is 6.83. The zero-order valence-electron chi connectivity index (χ0n) is 9.47. The molecule has 0 unspecified atom stereocenters. The highest BCUT2D eigenvalue weighted by Gasteiger charge is 2.25. The number of nitrogens with zero attached hydrogens (tertiary/aromatic N) is 2. The Morgan fingerprint density at radius 2 is 1.94 bits per heavy atom. The molecule has 1 aliphatic heterocycles. The monoisotopic (exact) mass is 289 g/mol. The molecule has 1 N–H and O–H groups in total. The Kier molecular flexibility index (Phi) is 3.82. The minimum absolute atomic E-state index is 0.115. The van der Waals surface area contributed by atoms with E-state index in [2.05, 4.69) is 15.5 Å². The molecular formula is C10H12ClN3O3S. The molecule has 1 saturated heterocycles. The standard InChI is InChI=1S/C10H12ClN3O3S/c11-9-2-1-8(13-14-9)10(15)12-7-3-5-18(16,17)6-4-7/h1-2,7H,3-6H2,(H,12,15). The summed E-state index contributed by atoms with van der Waals surface area (Å²) in [5.41, 5.74) is 0.174. The number of carbonyl (C=O) groups excluding carboxylic acids is 1. The van der Waals surface area contributed by atoms with Gasteiger partial charge in [-0.3, -0.25) is 4.79 Å². The van der Waals surface area contributed by atoms with E-state index in [0.717, 1.165) is 0 Å². The van der Waals surface area contributed by atoms with Crippen LogP contribution in [-0.2, 0) is 9.84 Å². The molecule has 2 heterocycles. The quantitative estimate of drug-likeness (QED) is 0.853. The third kappa shape index (κ3) is 3.39. The summed E-state index contributed by atoms with van der Waals surface area (Å²) in [5.74, 6) is -0.127. The van der Waals surface area contributed by atoms with Crippen molar-refractivity contribution in [1.82, 2.24) is 15.5 Å². The van der Waals surface area contributed by atoms with E-state index in [4.69, 9.17) is 11.6 Å². The fraction of sp³-hybridized carbons (Fsp3) is 0.500. The van der Waals surface area contributed by atoms with Crippen LogP contribution in [0.15, 0.2) is 12.1 Å². The van der Waals surface area contributed by atoms with Crippen molar-refractivity contribution >= 4 is 27.3 Å². The van der Waals surface area contributed by atoms with E-state index in [1.807, 2.05) is 0 Å². The Hall–Kier alpha value is -1.21. The number of rotatable bonds is 2. The van der Waals surface area contributed by atoms with Crippen molar-refractivity contribution in [2.24, 2.45) is 0 Å². The first-order chi connectivity index (χ1) is 8.46. The van der Waals surface area contributed by atoms with E-state index in [-0.39, 0.29) is 34.3 Å². The van der Waals surface area contributed by atoms with Gasteiger partial charge in [0.2, 0.25) is 0 Å². The topological polar surface area (TPSA) is 89.0 Å². The minimum atomic E-state index is -2.92. The fourth-order valence-electron chi connectivity index (χ4n) is 1.73. The van der Waals surface area contributed by atoms with Gasteiger partial charge in [-0.25, -0.2) is 8.42 Å². The van der Waals surface area contributed by atoms with Gasteiger partial charge in [-0.2, -0.15) is 0 Å². The Morgan fingerprint density at radius 1 is 1.28 bits per heavy atom. The van der Waals surface area contributed by atoms with Gasteiger partial charge in [0.1, 0.15) is 9.84 Å². The van der Waals surface area contributed by atoms with Crippen molar-refractivity contribution in [2.45, 2.75) is 18.9 Å². The number of aromatic nitrogens is 2. The Labute approximate surface area is 110 Å². The maximum atomic E-state index is 11.8. The third-order valence-corrected chi connectivity index (χ3v) is 4.67. The summed E-state index contributed by atoms with van der Waals surface area (Å²) in [6, 6.07) is 2.83. The summed E-state index contributed by atoms with van der Waals surface area (Å²) in [6.45, 7) is 0. The summed E-state index contributed by atoms with van der Waals surface area (Å²) in [4.78, 5) is 11.8. The van der Waals surface area contributed by atoms with Crippen molar-refractivity contribution < 1.29 is 13.2 Å². The van der Waals surface area contributed by atoms with Crippen LogP contribution >= 0.6 is 11.6 Å². The molecular weight excluding hydrogens is 278 g/mol.